The molecule has 0 aromatic carbocycles. The van der Waals surface area contributed by atoms with Gasteiger partial charge in [-0.15, -0.1) is 0 Å². The normalized spacial score (nSPS) is 31.9. The molecule has 0 aromatic rings. The molecule has 1 fully saturated rings. The van der Waals surface area contributed by atoms with Gasteiger partial charge in [0.15, 0.2) is 0 Å². The molecular weight excluding hydrogens is 232 g/mol. The Labute approximate surface area is 121 Å². The van der Waals surface area contributed by atoms with Crippen LogP contribution in [0, 0.1) is 17.8 Å². The van der Waals surface area contributed by atoms with Crippen LogP contribution in [0.4, 0.5) is 0 Å². The number of hydrogen-bond donors (Lipinski definition) is 1. The Morgan fingerprint density at radius 1 is 1.00 bits per heavy atom. The van der Waals surface area contributed by atoms with E-state index in [1.165, 1.54) is 45.3 Å². The highest BCUT2D eigenvalue weighted by Crippen LogP contribution is 2.34. The van der Waals surface area contributed by atoms with E-state index >= 15 is 0 Å². The van der Waals surface area contributed by atoms with E-state index in [9.17, 15) is 0 Å². The molecule has 4 atom stereocenters. The van der Waals surface area contributed by atoms with E-state index < -0.39 is 0 Å². The highest BCUT2D eigenvalue weighted by molar-refractivity contribution is 4.89. The molecule has 0 bridgehead atoms. The molecule has 1 saturated carbocycles. The van der Waals surface area contributed by atoms with E-state index in [2.05, 4.69) is 44.8 Å². The van der Waals surface area contributed by atoms with Crippen LogP contribution in [0.15, 0.2) is 0 Å². The molecule has 1 N–H and O–H groups in total. The van der Waals surface area contributed by atoms with Gasteiger partial charge in [0.2, 0.25) is 0 Å². The maximum atomic E-state index is 3.76. The van der Waals surface area contributed by atoms with Crippen LogP contribution in [0.5, 0.6) is 0 Å². The van der Waals surface area contributed by atoms with Gasteiger partial charge in [-0.2, -0.15) is 0 Å². The largest absolute Gasteiger partial charge is 0.314 e. The van der Waals surface area contributed by atoms with Gasteiger partial charge >= 0.3 is 0 Å². The summed E-state index contributed by atoms with van der Waals surface area (Å²) in [5, 5.41) is 3.76. The van der Waals surface area contributed by atoms with Gasteiger partial charge < -0.3 is 10.2 Å². The lowest BCUT2D eigenvalue weighted by Crippen LogP contribution is -2.49. The topological polar surface area (TPSA) is 15.3 Å². The lowest BCUT2D eigenvalue weighted by molar-refractivity contribution is 0.101. The van der Waals surface area contributed by atoms with Gasteiger partial charge in [0, 0.05) is 12.6 Å². The van der Waals surface area contributed by atoms with Crippen molar-refractivity contribution in [2.24, 2.45) is 17.8 Å². The quantitative estimate of drug-likeness (QED) is 0.721. The molecule has 2 heteroatoms. The minimum Gasteiger partial charge on any atom is -0.314 e. The maximum absolute atomic E-state index is 3.76. The molecule has 19 heavy (non-hydrogen) atoms. The predicted molar refractivity (Wildman–Crippen MR) is 85.5 cm³/mol. The minimum absolute atomic E-state index is 0.736. The SMILES string of the molecule is CCCN(CCC)CC1C(C)CC(C)CC1NCC. The van der Waals surface area contributed by atoms with Crippen molar-refractivity contribution < 1.29 is 0 Å². The second-order valence-electron chi connectivity index (χ2n) is 6.68. The Bertz CT molecular complexity index is 223. The molecule has 4 unspecified atom stereocenters. The lowest BCUT2D eigenvalue weighted by atomic mass is 9.72. The molecule has 114 valence electrons. The zero-order valence-corrected chi connectivity index (χ0v) is 13.9. The first-order chi connectivity index (χ1) is 9.12. The fraction of sp³-hybridized carbons (Fsp3) is 1.00. The van der Waals surface area contributed by atoms with Crippen LogP contribution in [-0.4, -0.2) is 37.1 Å². The first-order valence-corrected chi connectivity index (χ1v) is 8.57. The third-order valence-corrected chi connectivity index (χ3v) is 4.69. The maximum Gasteiger partial charge on any atom is 0.0112 e. The van der Waals surface area contributed by atoms with Crippen LogP contribution in [0.3, 0.4) is 0 Å². The van der Waals surface area contributed by atoms with Gasteiger partial charge in [0.1, 0.15) is 0 Å². The van der Waals surface area contributed by atoms with Crippen molar-refractivity contribution in [2.45, 2.75) is 66.3 Å². The number of hydrogen-bond acceptors (Lipinski definition) is 2. The predicted octanol–water partition coefficient (Wildman–Crippen LogP) is 3.77. The fourth-order valence-corrected chi connectivity index (χ4v) is 3.94. The van der Waals surface area contributed by atoms with Crippen molar-refractivity contribution in [1.29, 1.82) is 0 Å². The van der Waals surface area contributed by atoms with E-state index in [1.807, 2.05) is 0 Å². The van der Waals surface area contributed by atoms with Gasteiger partial charge in [0.25, 0.3) is 0 Å². The van der Waals surface area contributed by atoms with Gasteiger partial charge in [-0.05, 0) is 63.1 Å². The van der Waals surface area contributed by atoms with Crippen LogP contribution < -0.4 is 5.32 Å². The van der Waals surface area contributed by atoms with Gasteiger partial charge in [0.05, 0.1) is 0 Å². The average molecular weight is 268 g/mol. The van der Waals surface area contributed by atoms with Crippen LogP contribution in [0.1, 0.15) is 60.3 Å². The molecule has 0 spiro atoms. The summed E-state index contributed by atoms with van der Waals surface area (Å²) in [7, 11) is 0. The Balaban J connectivity index is 2.63. The van der Waals surface area contributed by atoms with E-state index in [0.717, 1.165) is 30.3 Å². The Hall–Kier alpha value is -0.0800. The summed E-state index contributed by atoms with van der Waals surface area (Å²) < 4.78 is 0. The number of nitrogens with zero attached hydrogens (tertiary/aromatic N) is 1. The molecule has 1 aliphatic carbocycles. The average Bonchev–Trinajstić information content (AvgIpc) is 2.34. The van der Waals surface area contributed by atoms with Crippen LogP contribution in [0.2, 0.25) is 0 Å². The standard InChI is InChI=1S/C17H36N2/c1-6-9-19(10-7-2)13-16-15(5)11-14(4)12-17(16)18-8-3/h14-18H,6-13H2,1-5H3. The molecular formula is C17H36N2. The second kappa shape index (κ2) is 8.97. The zero-order valence-electron chi connectivity index (χ0n) is 13.9. The number of nitrogens with one attached hydrogen (secondary N) is 1. The van der Waals surface area contributed by atoms with Crippen molar-refractivity contribution in [3.8, 4) is 0 Å². The summed E-state index contributed by atoms with van der Waals surface area (Å²) in [5.74, 6) is 2.60. The second-order valence-corrected chi connectivity index (χ2v) is 6.68. The summed E-state index contributed by atoms with van der Waals surface area (Å²) >= 11 is 0. The van der Waals surface area contributed by atoms with Crippen molar-refractivity contribution >= 4 is 0 Å². The Morgan fingerprint density at radius 2 is 1.63 bits per heavy atom. The van der Waals surface area contributed by atoms with Crippen LogP contribution >= 0.6 is 0 Å². The summed E-state index contributed by atoms with van der Waals surface area (Å²) in [6.07, 6.45) is 5.35. The third-order valence-electron chi connectivity index (χ3n) is 4.69. The van der Waals surface area contributed by atoms with Gasteiger partial charge in [-0.3, -0.25) is 0 Å². The summed E-state index contributed by atoms with van der Waals surface area (Å²) in [5.41, 5.74) is 0. The molecule has 0 radical (unpaired) electrons. The number of rotatable bonds is 8. The van der Waals surface area contributed by atoms with E-state index in [-0.39, 0.29) is 0 Å². The Kier molecular flexibility index (Phi) is 8.01. The van der Waals surface area contributed by atoms with Crippen LogP contribution in [-0.2, 0) is 0 Å². The molecule has 0 amide bonds. The molecule has 1 aliphatic rings. The van der Waals surface area contributed by atoms with E-state index in [0.29, 0.717) is 0 Å². The zero-order chi connectivity index (χ0) is 14.3. The fourth-order valence-electron chi connectivity index (χ4n) is 3.94. The van der Waals surface area contributed by atoms with Gasteiger partial charge in [-0.25, -0.2) is 0 Å². The Morgan fingerprint density at radius 3 is 2.16 bits per heavy atom. The molecule has 2 nitrogen and oxygen atoms in total. The van der Waals surface area contributed by atoms with Crippen LogP contribution in [0.25, 0.3) is 0 Å². The highest BCUT2D eigenvalue weighted by atomic mass is 15.1. The summed E-state index contributed by atoms with van der Waals surface area (Å²) in [4.78, 5) is 2.70. The third kappa shape index (κ3) is 5.43. The van der Waals surface area contributed by atoms with Crippen molar-refractivity contribution in [3.05, 3.63) is 0 Å². The van der Waals surface area contributed by atoms with E-state index in [4.69, 9.17) is 0 Å². The first kappa shape index (κ1) is 17.0. The lowest BCUT2D eigenvalue weighted by Gasteiger charge is -2.42. The van der Waals surface area contributed by atoms with Crippen molar-refractivity contribution in [1.82, 2.24) is 10.2 Å². The molecule has 0 aromatic heterocycles. The molecule has 0 saturated heterocycles. The van der Waals surface area contributed by atoms with Crippen molar-refractivity contribution in [2.75, 3.05) is 26.2 Å². The minimum atomic E-state index is 0.736. The molecule has 0 heterocycles. The monoisotopic (exact) mass is 268 g/mol. The molecule has 1 rings (SSSR count). The van der Waals surface area contributed by atoms with Crippen molar-refractivity contribution in [3.63, 3.8) is 0 Å². The summed E-state index contributed by atoms with van der Waals surface area (Å²) in [6, 6.07) is 0.736. The van der Waals surface area contributed by atoms with E-state index in [1.54, 1.807) is 0 Å². The highest BCUT2D eigenvalue weighted by Gasteiger charge is 2.34. The summed E-state index contributed by atoms with van der Waals surface area (Å²) in [6.45, 7) is 16.7. The smallest absolute Gasteiger partial charge is 0.0112 e. The molecule has 0 aliphatic heterocycles. The van der Waals surface area contributed by atoms with Gasteiger partial charge in [-0.1, -0.05) is 34.6 Å². The first-order valence-electron chi connectivity index (χ1n) is 8.57.